The van der Waals surface area contributed by atoms with E-state index in [-0.39, 0.29) is 6.04 Å². The first-order valence-corrected chi connectivity index (χ1v) is 12.3. The van der Waals surface area contributed by atoms with Gasteiger partial charge in [-0.2, -0.15) is 0 Å². The quantitative estimate of drug-likeness (QED) is 0.504. The molecule has 3 aromatic carbocycles. The Morgan fingerprint density at radius 1 is 0.946 bits per heavy atom. The van der Waals surface area contributed by atoms with Crippen molar-refractivity contribution in [2.24, 2.45) is 0 Å². The van der Waals surface area contributed by atoms with E-state index in [0.717, 1.165) is 21.6 Å². The van der Waals surface area contributed by atoms with E-state index < -0.39 is 29.9 Å². The van der Waals surface area contributed by atoms with Crippen LogP contribution < -0.4 is 20.1 Å². The lowest BCUT2D eigenvalue weighted by atomic mass is 9.81. The zero-order valence-corrected chi connectivity index (χ0v) is 21.0. The molecule has 1 saturated heterocycles. The van der Waals surface area contributed by atoms with Crippen molar-refractivity contribution < 1.29 is 23.9 Å². The van der Waals surface area contributed by atoms with Gasteiger partial charge in [-0.1, -0.05) is 54.6 Å². The first-order chi connectivity index (χ1) is 17.8. The number of imide groups is 1. The minimum absolute atomic E-state index is 0.372. The van der Waals surface area contributed by atoms with Crippen LogP contribution in [0.25, 0.3) is 0 Å². The van der Waals surface area contributed by atoms with Gasteiger partial charge in [0, 0.05) is 0 Å². The highest BCUT2D eigenvalue weighted by atomic mass is 16.6. The fourth-order valence-electron chi connectivity index (χ4n) is 4.78. The summed E-state index contributed by atoms with van der Waals surface area (Å²) in [5, 5.41) is 5.78. The van der Waals surface area contributed by atoms with Crippen LogP contribution in [0.4, 0.5) is 4.79 Å². The minimum atomic E-state index is -1.42. The first kappa shape index (κ1) is 24.4. The average molecular weight is 500 g/mol. The van der Waals surface area contributed by atoms with Crippen LogP contribution >= 0.6 is 0 Å². The number of nitrogens with zero attached hydrogens (tertiary/aromatic N) is 1. The van der Waals surface area contributed by atoms with Gasteiger partial charge in [0.25, 0.3) is 5.91 Å². The average Bonchev–Trinajstić information content (AvgIpc) is 3.16. The highest BCUT2D eigenvalue weighted by Gasteiger charge is 2.54. The summed E-state index contributed by atoms with van der Waals surface area (Å²) >= 11 is 0. The molecular formula is C29H29N3O5. The smallest absolute Gasteiger partial charge is 0.326 e. The van der Waals surface area contributed by atoms with Crippen LogP contribution in [0.1, 0.15) is 40.8 Å². The third-order valence-corrected chi connectivity index (χ3v) is 7.00. The van der Waals surface area contributed by atoms with Gasteiger partial charge >= 0.3 is 6.03 Å². The number of hydrogen-bond acceptors (Lipinski definition) is 5. The van der Waals surface area contributed by atoms with Crippen LogP contribution in [0, 0.1) is 13.8 Å². The summed E-state index contributed by atoms with van der Waals surface area (Å²) in [5.41, 5.74) is 2.76. The van der Waals surface area contributed by atoms with Gasteiger partial charge in [-0.15, -0.1) is 0 Å². The molecule has 0 saturated carbocycles. The van der Waals surface area contributed by atoms with Crippen molar-refractivity contribution in [1.29, 1.82) is 0 Å². The van der Waals surface area contributed by atoms with E-state index in [1.807, 2.05) is 75.4 Å². The molecule has 0 radical (unpaired) electrons. The molecule has 0 aromatic heterocycles. The predicted molar refractivity (Wildman–Crippen MR) is 137 cm³/mol. The third kappa shape index (κ3) is 4.39. The highest BCUT2D eigenvalue weighted by Crippen LogP contribution is 2.37. The number of amides is 4. The Bertz CT molecular complexity index is 1370. The Balaban J connectivity index is 1.38. The number of carbonyl (C=O) groups is 3. The lowest BCUT2D eigenvalue weighted by molar-refractivity contribution is -0.134. The van der Waals surface area contributed by atoms with Gasteiger partial charge in [0.15, 0.2) is 17.0 Å². The van der Waals surface area contributed by atoms with Gasteiger partial charge in [-0.05, 0) is 60.7 Å². The molecule has 0 bridgehead atoms. The molecule has 2 atom stereocenters. The molecule has 2 aliphatic rings. The molecule has 3 aromatic rings. The predicted octanol–water partition coefficient (Wildman–Crippen LogP) is 3.75. The third-order valence-electron chi connectivity index (χ3n) is 7.00. The number of rotatable bonds is 6. The number of urea groups is 1. The molecule has 0 aliphatic carbocycles. The van der Waals surface area contributed by atoms with Crippen molar-refractivity contribution >= 4 is 17.8 Å². The summed E-state index contributed by atoms with van der Waals surface area (Å²) in [6.45, 7) is 6.34. The van der Waals surface area contributed by atoms with Gasteiger partial charge in [0.05, 0.1) is 6.04 Å². The molecule has 2 heterocycles. The van der Waals surface area contributed by atoms with Crippen LogP contribution in [0.2, 0.25) is 0 Å². The summed E-state index contributed by atoms with van der Waals surface area (Å²) in [6, 6.07) is 19.3. The van der Waals surface area contributed by atoms with Crippen molar-refractivity contribution in [2.75, 3.05) is 19.8 Å². The molecule has 2 N–H and O–H groups in total. The summed E-state index contributed by atoms with van der Waals surface area (Å²) in [5.74, 6) is 0.348. The highest BCUT2D eigenvalue weighted by molar-refractivity contribution is 6.11. The van der Waals surface area contributed by atoms with Crippen LogP contribution in [-0.2, 0) is 15.1 Å². The van der Waals surface area contributed by atoms with E-state index in [0.29, 0.717) is 35.8 Å². The van der Waals surface area contributed by atoms with Crippen LogP contribution in [0.5, 0.6) is 11.5 Å². The fourth-order valence-corrected chi connectivity index (χ4v) is 4.78. The van der Waals surface area contributed by atoms with Gasteiger partial charge in [0.2, 0.25) is 5.91 Å². The molecule has 0 unspecified atom stereocenters. The van der Waals surface area contributed by atoms with Crippen molar-refractivity contribution in [3.05, 3.63) is 94.5 Å². The van der Waals surface area contributed by atoms with Gasteiger partial charge in [0.1, 0.15) is 19.8 Å². The lowest BCUT2D eigenvalue weighted by Crippen LogP contribution is -2.46. The lowest BCUT2D eigenvalue weighted by Gasteiger charge is -2.28. The molecule has 5 rings (SSSR count). The molecule has 4 amide bonds. The maximum atomic E-state index is 13.9. The number of carbonyl (C=O) groups excluding carboxylic acids is 3. The summed E-state index contributed by atoms with van der Waals surface area (Å²) in [7, 11) is 0. The molecule has 8 heteroatoms. The van der Waals surface area contributed by atoms with Crippen molar-refractivity contribution in [3.63, 3.8) is 0 Å². The van der Waals surface area contributed by atoms with E-state index in [2.05, 4.69) is 10.6 Å². The Morgan fingerprint density at radius 2 is 1.68 bits per heavy atom. The van der Waals surface area contributed by atoms with Gasteiger partial charge in [-0.3, -0.25) is 14.5 Å². The Hall–Kier alpha value is -4.33. The number of ether oxygens (including phenoxy) is 2. The monoisotopic (exact) mass is 499 g/mol. The number of fused-ring (bicyclic) bond motifs is 1. The first-order valence-electron chi connectivity index (χ1n) is 12.3. The number of hydrogen-bond donors (Lipinski definition) is 2. The summed E-state index contributed by atoms with van der Waals surface area (Å²) in [4.78, 5) is 41.0. The van der Waals surface area contributed by atoms with E-state index in [1.54, 1.807) is 12.1 Å². The second kappa shape index (κ2) is 9.61. The largest absolute Gasteiger partial charge is 0.486 e. The van der Waals surface area contributed by atoms with E-state index in [1.165, 1.54) is 0 Å². The molecular weight excluding hydrogens is 470 g/mol. The minimum Gasteiger partial charge on any atom is -0.486 e. The second-order valence-electron chi connectivity index (χ2n) is 9.43. The number of benzene rings is 3. The van der Waals surface area contributed by atoms with Gasteiger partial charge < -0.3 is 20.1 Å². The number of aryl methyl sites for hydroxylation is 2. The van der Waals surface area contributed by atoms with E-state index in [9.17, 15) is 14.4 Å². The molecule has 0 spiro atoms. The number of nitrogens with one attached hydrogen (secondary N) is 2. The Kier molecular flexibility index (Phi) is 6.33. The standard InChI is InChI=1S/C29H29N3O5/c1-18-9-11-23(15-19(18)2)29(22-7-5-4-6-8-22)27(34)32(28(35)31-29)17-26(33)30-20(3)21-10-12-24-25(16-21)37-14-13-36-24/h4-12,15-16,20H,13-14,17H2,1-3H3,(H,30,33)(H,31,35)/t20-,29+/m1/s1. The normalized spacial score (nSPS) is 19.4. The molecule has 8 nitrogen and oxygen atoms in total. The SMILES string of the molecule is Cc1ccc([C@]2(c3ccccc3)NC(=O)N(CC(=O)N[C@H](C)c3ccc4c(c3)OCCO4)C2=O)cc1C. The molecule has 190 valence electrons. The maximum Gasteiger partial charge on any atom is 0.326 e. The van der Waals surface area contributed by atoms with Crippen LogP contribution in [0.3, 0.4) is 0 Å². The second-order valence-corrected chi connectivity index (χ2v) is 9.43. The maximum absolute atomic E-state index is 13.9. The Morgan fingerprint density at radius 3 is 2.41 bits per heavy atom. The topological polar surface area (TPSA) is 97.0 Å². The van der Waals surface area contributed by atoms with Crippen molar-refractivity contribution in [1.82, 2.24) is 15.5 Å². The zero-order chi connectivity index (χ0) is 26.2. The fraction of sp³-hybridized carbons (Fsp3) is 0.276. The Labute approximate surface area is 215 Å². The molecule has 2 aliphatic heterocycles. The van der Waals surface area contributed by atoms with Crippen LogP contribution in [0.15, 0.2) is 66.7 Å². The summed E-state index contributed by atoms with van der Waals surface area (Å²) in [6.07, 6.45) is 0. The summed E-state index contributed by atoms with van der Waals surface area (Å²) < 4.78 is 11.2. The van der Waals surface area contributed by atoms with E-state index in [4.69, 9.17) is 9.47 Å². The van der Waals surface area contributed by atoms with E-state index >= 15 is 0 Å². The van der Waals surface area contributed by atoms with Crippen molar-refractivity contribution in [2.45, 2.75) is 32.4 Å². The molecule has 1 fully saturated rings. The van der Waals surface area contributed by atoms with Crippen molar-refractivity contribution in [3.8, 4) is 11.5 Å². The van der Waals surface area contributed by atoms with Gasteiger partial charge in [-0.25, -0.2) is 4.79 Å². The van der Waals surface area contributed by atoms with Crippen LogP contribution in [-0.4, -0.2) is 42.5 Å². The molecule has 37 heavy (non-hydrogen) atoms. The zero-order valence-electron chi connectivity index (χ0n) is 21.0.